The minimum atomic E-state index is -5.12. The van der Waals surface area contributed by atoms with E-state index in [1.165, 1.54) is 109 Å². The predicted molar refractivity (Wildman–Crippen MR) is 228 cm³/mol. The van der Waals surface area contributed by atoms with Crippen LogP contribution in [0.5, 0.6) is 0 Å². The van der Waals surface area contributed by atoms with Gasteiger partial charge in [0.05, 0.1) is 25.4 Å². The second-order valence-electron chi connectivity index (χ2n) is 15.8. The average molecular weight is 848 g/mol. The Labute approximate surface area is 350 Å². The van der Waals surface area contributed by atoms with Gasteiger partial charge in [0.1, 0.15) is 30.5 Å². The van der Waals surface area contributed by atoms with Crippen molar-refractivity contribution in [3.63, 3.8) is 0 Å². The second-order valence-corrected chi connectivity index (χ2v) is 16.8. The molecule has 1 amide bonds. The normalized spacial score (nSPS) is 22.0. The van der Waals surface area contributed by atoms with Crippen LogP contribution in [0.1, 0.15) is 174 Å². The number of aliphatic hydroxyl groups excluding tert-OH is 5. The van der Waals surface area contributed by atoms with Gasteiger partial charge in [-0.2, -0.15) is 8.42 Å². The van der Waals surface area contributed by atoms with Crippen molar-refractivity contribution in [2.24, 2.45) is 0 Å². The van der Waals surface area contributed by atoms with E-state index in [9.17, 15) is 38.7 Å². The zero-order valence-corrected chi connectivity index (χ0v) is 36.5. The highest BCUT2D eigenvalue weighted by molar-refractivity contribution is 7.80. The van der Waals surface area contributed by atoms with Crippen molar-refractivity contribution in [3.8, 4) is 0 Å². The molecular weight excluding hydrogens is 767 g/mol. The lowest BCUT2D eigenvalue weighted by molar-refractivity contribution is -0.298. The number of aliphatic hydroxyl groups is 5. The molecule has 0 saturated carbocycles. The lowest BCUT2D eigenvalue weighted by Gasteiger charge is -2.41. The Morgan fingerprint density at radius 2 is 1.16 bits per heavy atom. The van der Waals surface area contributed by atoms with Gasteiger partial charge in [0, 0.05) is 0 Å². The zero-order valence-electron chi connectivity index (χ0n) is 35.7. The molecule has 0 aromatic heterocycles. The summed E-state index contributed by atoms with van der Waals surface area (Å²) >= 11 is 0. The van der Waals surface area contributed by atoms with Crippen molar-refractivity contribution in [2.75, 3.05) is 13.2 Å². The van der Waals surface area contributed by atoms with Crippen molar-refractivity contribution in [1.29, 1.82) is 0 Å². The summed E-state index contributed by atoms with van der Waals surface area (Å²) in [6, 6.07) is -1.14. The van der Waals surface area contributed by atoms with Crippen LogP contribution in [0.25, 0.3) is 0 Å². The maximum Gasteiger partial charge on any atom is 0.397 e. The zero-order chi connectivity index (χ0) is 42.9. The fourth-order valence-corrected chi connectivity index (χ4v) is 7.39. The van der Waals surface area contributed by atoms with E-state index in [1.54, 1.807) is 6.08 Å². The van der Waals surface area contributed by atoms with Crippen LogP contribution in [-0.4, -0.2) is 107 Å². The summed E-state index contributed by atoms with van der Waals surface area (Å²) in [4.78, 5) is 13.1. The minimum Gasteiger partial charge on any atom is -0.394 e. The predicted octanol–water partition coefficient (Wildman–Crippen LogP) is 7.30. The van der Waals surface area contributed by atoms with Gasteiger partial charge in [-0.1, -0.05) is 153 Å². The van der Waals surface area contributed by atoms with Crippen molar-refractivity contribution in [1.82, 2.24) is 5.32 Å². The Morgan fingerprint density at radius 3 is 1.66 bits per heavy atom. The number of carbonyl (C=O) groups is 1. The van der Waals surface area contributed by atoms with Crippen molar-refractivity contribution in [2.45, 2.75) is 223 Å². The molecule has 7 N–H and O–H groups in total. The maximum absolute atomic E-state index is 13.1. The van der Waals surface area contributed by atoms with Gasteiger partial charge in [0.15, 0.2) is 6.29 Å². The summed E-state index contributed by atoms with van der Waals surface area (Å²) in [6.07, 6.45) is 28.1. The summed E-state index contributed by atoms with van der Waals surface area (Å²) in [6.45, 7) is 3.16. The molecule has 0 aromatic carbocycles. The minimum absolute atomic E-state index is 0.206. The van der Waals surface area contributed by atoms with Gasteiger partial charge >= 0.3 is 10.4 Å². The second kappa shape index (κ2) is 34.9. The highest BCUT2D eigenvalue weighted by Gasteiger charge is 2.48. The third kappa shape index (κ3) is 27.2. The number of unbranched alkanes of at least 4 members (excludes halogenated alkanes) is 20. The third-order valence-electron chi connectivity index (χ3n) is 10.5. The molecule has 1 aliphatic heterocycles. The highest BCUT2D eigenvalue weighted by Crippen LogP contribution is 2.26. The van der Waals surface area contributed by atoms with Gasteiger partial charge in [0.2, 0.25) is 5.91 Å². The molecule has 1 heterocycles. The topological polar surface area (TPSA) is 212 Å². The molecule has 340 valence electrons. The number of allylic oxidation sites excluding steroid dienone is 5. The fraction of sp³-hybridized carbons (Fsp3) is 0.841. The Hall–Kier alpha value is -1.72. The molecule has 0 bridgehead atoms. The van der Waals surface area contributed by atoms with Gasteiger partial charge in [0.25, 0.3) is 0 Å². The summed E-state index contributed by atoms with van der Waals surface area (Å²) < 4.78 is 47.4. The highest BCUT2D eigenvalue weighted by atomic mass is 32.3. The molecule has 1 aliphatic rings. The van der Waals surface area contributed by atoms with Crippen molar-refractivity contribution in [3.05, 3.63) is 36.5 Å². The van der Waals surface area contributed by atoms with Crippen LogP contribution in [0.3, 0.4) is 0 Å². The lowest BCUT2D eigenvalue weighted by atomic mass is 9.99. The van der Waals surface area contributed by atoms with Crippen LogP contribution in [0.4, 0.5) is 0 Å². The van der Waals surface area contributed by atoms with Crippen LogP contribution in [0.2, 0.25) is 0 Å². The Kier molecular flexibility index (Phi) is 32.7. The van der Waals surface area contributed by atoms with Crippen LogP contribution < -0.4 is 5.32 Å². The largest absolute Gasteiger partial charge is 0.397 e. The molecule has 0 radical (unpaired) electrons. The first-order chi connectivity index (χ1) is 27.9. The first-order valence-electron chi connectivity index (χ1n) is 22.5. The number of nitrogens with one attached hydrogen (secondary N) is 1. The van der Waals surface area contributed by atoms with E-state index in [0.29, 0.717) is 12.8 Å². The molecule has 14 heteroatoms. The van der Waals surface area contributed by atoms with Crippen LogP contribution in [0, 0.1) is 0 Å². The quantitative estimate of drug-likeness (QED) is 0.0187. The number of hydrogen-bond donors (Lipinski definition) is 7. The molecular formula is C44H81NO12S. The number of hydrogen-bond acceptors (Lipinski definition) is 11. The standard InChI is InChI=1S/C44H81NO12S/c1-3-5-7-9-11-13-15-17-18-19-20-21-23-24-26-28-30-32-37(47)36(35-55-44-41(50)42(57-58(52,53)54)40(49)39(34-46)56-44)45-43(51)38(48)33-31-29-27-25-22-16-14-12-10-8-6-4-2/h22-25,30,32,36-42,44,46-50H,3-21,26-29,31,33-35H2,1-2H3,(H,45,51)(H,52,53,54)/b24-23+,25-22-,32-30+. The van der Waals surface area contributed by atoms with Crippen LogP contribution in [0.15, 0.2) is 36.5 Å². The lowest BCUT2D eigenvalue weighted by Crippen LogP contribution is -2.61. The molecule has 0 spiro atoms. The first-order valence-corrected chi connectivity index (χ1v) is 23.8. The Morgan fingerprint density at radius 1 is 0.690 bits per heavy atom. The van der Waals surface area contributed by atoms with Gasteiger partial charge in [-0.25, -0.2) is 4.18 Å². The van der Waals surface area contributed by atoms with E-state index in [-0.39, 0.29) is 6.42 Å². The molecule has 13 nitrogen and oxygen atoms in total. The van der Waals surface area contributed by atoms with E-state index in [1.807, 2.05) is 0 Å². The molecule has 8 unspecified atom stereocenters. The van der Waals surface area contributed by atoms with Gasteiger partial charge in [-0.05, 0) is 57.8 Å². The summed E-state index contributed by atoms with van der Waals surface area (Å²) in [7, 11) is -5.12. The molecule has 1 fully saturated rings. The monoisotopic (exact) mass is 848 g/mol. The average Bonchev–Trinajstić information content (AvgIpc) is 3.19. The summed E-state index contributed by atoms with van der Waals surface area (Å²) in [5.74, 6) is -0.730. The summed E-state index contributed by atoms with van der Waals surface area (Å²) in [5.41, 5.74) is 0. The first kappa shape index (κ1) is 54.3. The molecule has 1 rings (SSSR count). The van der Waals surface area contributed by atoms with Crippen LogP contribution in [-0.2, 0) is 28.9 Å². The molecule has 0 aromatic rings. The molecule has 8 atom stereocenters. The van der Waals surface area contributed by atoms with Gasteiger partial charge in [-0.15, -0.1) is 0 Å². The van der Waals surface area contributed by atoms with E-state index in [2.05, 4.69) is 47.7 Å². The third-order valence-corrected chi connectivity index (χ3v) is 11.0. The van der Waals surface area contributed by atoms with Gasteiger partial charge < -0.3 is 40.3 Å². The Balaban J connectivity index is 2.66. The van der Waals surface area contributed by atoms with E-state index >= 15 is 0 Å². The maximum atomic E-state index is 13.1. The number of ether oxygens (including phenoxy) is 2. The molecule has 1 saturated heterocycles. The molecule has 0 aliphatic carbocycles. The van der Waals surface area contributed by atoms with E-state index in [0.717, 1.165) is 38.5 Å². The molecule has 58 heavy (non-hydrogen) atoms. The fourth-order valence-electron chi connectivity index (χ4n) is 6.88. The van der Waals surface area contributed by atoms with Gasteiger partial charge in [-0.3, -0.25) is 9.35 Å². The smallest absolute Gasteiger partial charge is 0.394 e. The van der Waals surface area contributed by atoms with E-state index in [4.69, 9.17) is 14.0 Å². The number of rotatable bonds is 37. The van der Waals surface area contributed by atoms with Crippen molar-refractivity contribution >= 4 is 16.3 Å². The SMILES string of the molecule is CCCCCCCC/C=C\CCCCC(O)C(=O)NC(COC1OC(CO)C(O)C(OS(=O)(=O)O)C1O)C(O)/C=C/CC/C=C/CCCCCCCCCCCCC. The Bertz CT molecular complexity index is 1200. The van der Waals surface area contributed by atoms with E-state index < -0.39 is 78.5 Å². The summed E-state index contributed by atoms with van der Waals surface area (Å²) in [5, 5.41) is 55.0. The van der Waals surface area contributed by atoms with Crippen LogP contribution >= 0.6 is 0 Å². The number of carbonyl (C=O) groups excluding carboxylic acids is 1. The van der Waals surface area contributed by atoms with Crippen molar-refractivity contribution < 1.29 is 57.0 Å². The number of amides is 1.